The molecule has 0 aliphatic carbocycles. The number of piperidine rings is 1. The summed E-state index contributed by atoms with van der Waals surface area (Å²) in [4.78, 5) is 27.5. The fourth-order valence-electron chi connectivity index (χ4n) is 1.64. The first-order valence-electron chi connectivity index (χ1n) is 6.20. The first kappa shape index (κ1) is 15.6. The Kier molecular flexibility index (Phi) is 5.41. The van der Waals surface area contributed by atoms with Gasteiger partial charge >= 0.3 is 12.3 Å². The molecule has 1 rings (SSSR count). The van der Waals surface area contributed by atoms with Gasteiger partial charge in [-0.05, 0) is 33.6 Å². The molecule has 0 bridgehead atoms. The summed E-state index contributed by atoms with van der Waals surface area (Å²) in [5.74, 6) is 0. The predicted molar refractivity (Wildman–Crippen MR) is 65.4 cm³/mol. The van der Waals surface area contributed by atoms with Crippen LogP contribution in [0, 0.1) is 0 Å². The van der Waals surface area contributed by atoms with E-state index in [0.717, 1.165) is 6.42 Å². The molecule has 0 aromatic carbocycles. The van der Waals surface area contributed by atoms with Crippen molar-refractivity contribution in [1.82, 2.24) is 5.06 Å². The van der Waals surface area contributed by atoms with E-state index < -0.39 is 17.9 Å². The van der Waals surface area contributed by atoms with Gasteiger partial charge in [0.05, 0.1) is 13.7 Å². The third kappa shape index (κ3) is 6.28. The number of hydrogen-bond donors (Lipinski definition) is 0. The van der Waals surface area contributed by atoms with Crippen LogP contribution in [0.4, 0.5) is 9.59 Å². The van der Waals surface area contributed by atoms with Crippen LogP contribution >= 0.6 is 0 Å². The Morgan fingerprint density at radius 1 is 1.21 bits per heavy atom. The van der Waals surface area contributed by atoms with Crippen LogP contribution < -0.4 is 0 Å². The Hall–Kier alpha value is -1.50. The highest BCUT2D eigenvalue weighted by molar-refractivity contribution is 5.60. The number of nitrogens with zero attached hydrogens (tertiary/aromatic N) is 1. The predicted octanol–water partition coefficient (Wildman–Crippen LogP) is 2.10. The minimum atomic E-state index is -0.758. The molecule has 0 radical (unpaired) electrons. The Morgan fingerprint density at radius 3 is 2.47 bits per heavy atom. The zero-order valence-corrected chi connectivity index (χ0v) is 11.8. The highest BCUT2D eigenvalue weighted by Crippen LogP contribution is 2.16. The molecule has 1 aliphatic heterocycles. The molecular formula is C12H21NO6. The zero-order valence-electron chi connectivity index (χ0n) is 11.8. The molecule has 0 N–H and O–H groups in total. The molecule has 0 saturated carbocycles. The largest absolute Gasteiger partial charge is 0.528 e. The maximum Gasteiger partial charge on any atom is 0.528 e. The lowest BCUT2D eigenvalue weighted by Gasteiger charge is -2.30. The maximum absolute atomic E-state index is 11.5. The maximum atomic E-state index is 11.5. The monoisotopic (exact) mass is 275 g/mol. The van der Waals surface area contributed by atoms with Crippen LogP contribution in [-0.4, -0.2) is 49.3 Å². The molecule has 1 unspecified atom stereocenters. The van der Waals surface area contributed by atoms with E-state index in [1.54, 1.807) is 20.8 Å². The Morgan fingerprint density at radius 2 is 1.89 bits per heavy atom. The van der Waals surface area contributed by atoms with Crippen molar-refractivity contribution in [1.29, 1.82) is 0 Å². The highest BCUT2D eigenvalue weighted by Gasteiger charge is 2.27. The van der Waals surface area contributed by atoms with Crippen LogP contribution in [0.5, 0.6) is 0 Å². The van der Waals surface area contributed by atoms with Crippen molar-refractivity contribution < 1.29 is 28.6 Å². The second-order valence-electron chi connectivity index (χ2n) is 5.28. The second-order valence-corrected chi connectivity index (χ2v) is 5.28. The summed E-state index contributed by atoms with van der Waals surface area (Å²) in [6.07, 6.45) is -0.368. The summed E-state index contributed by atoms with van der Waals surface area (Å²) in [7, 11) is 1.25. The van der Waals surface area contributed by atoms with Crippen molar-refractivity contribution in [3.05, 3.63) is 0 Å². The van der Waals surface area contributed by atoms with Crippen LogP contribution in [-0.2, 0) is 19.0 Å². The van der Waals surface area contributed by atoms with Crippen molar-refractivity contribution in [2.45, 2.75) is 45.3 Å². The first-order chi connectivity index (χ1) is 8.80. The minimum absolute atomic E-state index is 0.314. The van der Waals surface area contributed by atoms with Crippen molar-refractivity contribution in [3.8, 4) is 0 Å². The molecule has 0 aromatic heterocycles. The van der Waals surface area contributed by atoms with Crippen LogP contribution in [0.15, 0.2) is 0 Å². The van der Waals surface area contributed by atoms with Crippen molar-refractivity contribution in [3.63, 3.8) is 0 Å². The molecule has 1 saturated heterocycles. The number of rotatable bonds is 2. The highest BCUT2D eigenvalue weighted by atomic mass is 16.8. The lowest BCUT2D eigenvalue weighted by atomic mass is 10.1. The standard InChI is InChI=1S/C12H21NO6/c1-12(2,3)18-11(15)19-13-7-5-6-9(8-13)17-10(14)16-4/h9H,5-8H2,1-4H3. The zero-order chi connectivity index (χ0) is 14.5. The average Bonchev–Trinajstić information content (AvgIpc) is 2.26. The summed E-state index contributed by atoms with van der Waals surface area (Å²) >= 11 is 0. The van der Waals surface area contributed by atoms with Crippen LogP contribution in [0.2, 0.25) is 0 Å². The summed E-state index contributed by atoms with van der Waals surface area (Å²) in [5, 5.41) is 1.44. The lowest BCUT2D eigenvalue weighted by molar-refractivity contribution is -0.168. The van der Waals surface area contributed by atoms with Gasteiger partial charge in [-0.25, -0.2) is 9.59 Å². The van der Waals surface area contributed by atoms with E-state index in [2.05, 4.69) is 4.74 Å². The molecular weight excluding hydrogens is 254 g/mol. The van der Waals surface area contributed by atoms with Gasteiger partial charge in [0.1, 0.15) is 11.7 Å². The molecule has 1 heterocycles. The van der Waals surface area contributed by atoms with Gasteiger partial charge in [0, 0.05) is 6.54 Å². The number of methoxy groups -OCH3 is 1. The van der Waals surface area contributed by atoms with Gasteiger partial charge in [0.2, 0.25) is 0 Å². The molecule has 0 spiro atoms. The normalized spacial score (nSPS) is 20.5. The molecule has 0 aromatic rings. The van der Waals surface area contributed by atoms with Gasteiger partial charge in [0.25, 0.3) is 0 Å². The number of carbonyl (C=O) groups is 2. The van der Waals surface area contributed by atoms with Gasteiger partial charge in [-0.2, -0.15) is 0 Å². The average molecular weight is 275 g/mol. The summed E-state index contributed by atoms with van der Waals surface area (Å²) in [6.45, 7) is 6.17. The number of ether oxygens (including phenoxy) is 3. The molecule has 1 atom stereocenters. The van der Waals surface area contributed by atoms with E-state index >= 15 is 0 Å². The Labute approximate surface area is 112 Å². The summed E-state index contributed by atoms with van der Waals surface area (Å²) in [5.41, 5.74) is -0.602. The van der Waals surface area contributed by atoms with Crippen LogP contribution in [0.1, 0.15) is 33.6 Å². The first-order valence-corrected chi connectivity index (χ1v) is 6.20. The smallest absolute Gasteiger partial charge is 0.438 e. The topological polar surface area (TPSA) is 74.3 Å². The number of hydrogen-bond acceptors (Lipinski definition) is 7. The molecule has 7 nitrogen and oxygen atoms in total. The SMILES string of the molecule is COC(=O)OC1CCCN(OC(=O)OC(C)(C)C)C1. The van der Waals surface area contributed by atoms with Crippen LogP contribution in [0.3, 0.4) is 0 Å². The molecule has 19 heavy (non-hydrogen) atoms. The second kappa shape index (κ2) is 6.60. The lowest BCUT2D eigenvalue weighted by Crippen LogP contribution is -2.42. The molecule has 1 fully saturated rings. The van der Waals surface area contributed by atoms with Crippen molar-refractivity contribution >= 4 is 12.3 Å². The van der Waals surface area contributed by atoms with Crippen molar-refractivity contribution in [2.24, 2.45) is 0 Å². The van der Waals surface area contributed by atoms with Crippen LogP contribution in [0.25, 0.3) is 0 Å². The van der Waals surface area contributed by atoms with Gasteiger partial charge < -0.3 is 19.0 Å². The van der Waals surface area contributed by atoms with Gasteiger partial charge in [-0.1, -0.05) is 0 Å². The number of hydroxylamine groups is 2. The summed E-state index contributed by atoms with van der Waals surface area (Å²) in [6, 6.07) is 0. The van der Waals surface area contributed by atoms with E-state index in [9.17, 15) is 9.59 Å². The van der Waals surface area contributed by atoms with Crippen molar-refractivity contribution in [2.75, 3.05) is 20.2 Å². The van der Waals surface area contributed by atoms with Gasteiger partial charge in [0.15, 0.2) is 0 Å². The van der Waals surface area contributed by atoms with Gasteiger partial charge in [-0.3, -0.25) is 0 Å². The van der Waals surface area contributed by atoms with E-state index in [0.29, 0.717) is 19.5 Å². The number of carbonyl (C=O) groups excluding carboxylic acids is 2. The molecule has 7 heteroatoms. The fourth-order valence-corrected chi connectivity index (χ4v) is 1.64. The molecule has 1 aliphatic rings. The summed E-state index contributed by atoms with van der Waals surface area (Å²) < 4.78 is 14.5. The van der Waals surface area contributed by atoms with Gasteiger partial charge in [-0.15, -0.1) is 5.06 Å². The Balaban J connectivity index is 2.38. The molecule has 0 amide bonds. The third-order valence-electron chi connectivity index (χ3n) is 2.36. The fraction of sp³-hybridized carbons (Fsp3) is 0.833. The van der Waals surface area contributed by atoms with E-state index in [-0.39, 0.29) is 6.10 Å². The Bertz CT molecular complexity index is 325. The third-order valence-corrected chi connectivity index (χ3v) is 2.36. The van der Waals surface area contributed by atoms with E-state index in [1.165, 1.54) is 12.2 Å². The molecule has 110 valence electrons. The minimum Gasteiger partial charge on any atom is -0.438 e. The van der Waals surface area contributed by atoms with E-state index in [4.69, 9.17) is 14.3 Å². The van der Waals surface area contributed by atoms with E-state index in [1.807, 2.05) is 0 Å². The quantitative estimate of drug-likeness (QED) is 0.714.